The van der Waals surface area contributed by atoms with Crippen LogP contribution in [-0.2, 0) is 0 Å². The van der Waals surface area contributed by atoms with Gasteiger partial charge in [-0.05, 0) is 43.3 Å². The van der Waals surface area contributed by atoms with Gasteiger partial charge in [0, 0.05) is 17.1 Å². The zero-order chi connectivity index (χ0) is 14.1. The number of nitrogens with zero attached hydrogens (tertiary/aromatic N) is 1. The molecule has 1 heterocycles. The van der Waals surface area contributed by atoms with Crippen molar-refractivity contribution in [1.82, 2.24) is 4.98 Å². The van der Waals surface area contributed by atoms with E-state index >= 15 is 0 Å². The molecule has 0 amide bonds. The second-order valence-electron chi connectivity index (χ2n) is 4.72. The van der Waals surface area contributed by atoms with Gasteiger partial charge in [-0.3, -0.25) is 9.78 Å². The quantitative estimate of drug-likeness (QED) is 0.657. The van der Waals surface area contributed by atoms with Gasteiger partial charge >= 0.3 is 0 Å². The molecule has 0 aliphatic heterocycles. The van der Waals surface area contributed by atoms with Gasteiger partial charge in [-0.2, -0.15) is 0 Å². The maximum atomic E-state index is 13.8. The number of halogens is 1. The molecule has 0 bridgehead atoms. The van der Waals surface area contributed by atoms with E-state index < -0.39 is 5.82 Å². The number of hydrogen-bond acceptors (Lipinski definition) is 2. The Morgan fingerprint density at radius 3 is 2.80 bits per heavy atom. The van der Waals surface area contributed by atoms with E-state index in [4.69, 9.17) is 0 Å². The van der Waals surface area contributed by atoms with Gasteiger partial charge in [0.2, 0.25) is 0 Å². The van der Waals surface area contributed by atoms with E-state index in [0.717, 1.165) is 16.5 Å². The molecular weight excluding hydrogens is 253 g/mol. The number of rotatable bonds is 2. The number of carbonyl (C=O) groups is 1. The maximum Gasteiger partial charge on any atom is 0.195 e. The molecule has 98 valence electrons. The van der Waals surface area contributed by atoms with Crippen LogP contribution in [0.4, 0.5) is 4.39 Å². The van der Waals surface area contributed by atoms with Gasteiger partial charge in [0.1, 0.15) is 5.82 Å². The fourth-order valence-electron chi connectivity index (χ4n) is 2.19. The van der Waals surface area contributed by atoms with Gasteiger partial charge < -0.3 is 0 Å². The molecule has 0 radical (unpaired) electrons. The van der Waals surface area contributed by atoms with E-state index in [2.05, 4.69) is 4.98 Å². The Morgan fingerprint density at radius 2 is 1.95 bits per heavy atom. The molecule has 0 aliphatic rings. The minimum absolute atomic E-state index is 0.105. The van der Waals surface area contributed by atoms with Crippen molar-refractivity contribution < 1.29 is 9.18 Å². The van der Waals surface area contributed by atoms with Crippen LogP contribution in [0.3, 0.4) is 0 Å². The minimum atomic E-state index is -0.494. The van der Waals surface area contributed by atoms with Gasteiger partial charge in [0.05, 0.1) is 11.1 Å². The highest BCUT2D eigenvalue weighted by molar-refractivity contribution is 6.10. The highest BCUT2D eigenvalue weighted by Crippen LogP contribution is 2.19. The van der Waals surface area contributed by atoms with Crippen LogP contribution < -0.4 is 0 Å². The van der Waals surface area contributed by atoms with E-state index in [9.17, 15) is 9.18 Å². The summed E-state index contributed by atoms with van der Waals surface area (Å²) in [5, 5.41) is 0.867. The van der Waals surface area contributed by atoms with Gasteiger partial charge in [0.15, 0.2) is 5.78 Å². The molecule has 0 atom stereocenters. The van der Waals surface area contributed by atoms with Gasteiger partial charge in [-0.25, -0.2) is 4.39 Å². The number of aryl methyl sites for hydroxylation is 1. The Labute approximate surface area is 115 Å². The lowest BCUT2D eigenvalue weighted by molar-refractivity contribution is 0.103. The van der Waals surface area contributed by atoms with Crippen LogP contribution >= 0.6 is 0 Å². The van der Waals surface area contributed by atoms with Crippen LogP contribution in [0.15, 0.2) is 54.7 Å². The largest absolute Gasteiger partial charge is 0.288 e. The van der Waals surface area contributed by atoms with Crippen molar-refractivity contribution in [3.8, 4) is 0 Å². The molecule has 20 heavy (non-hydrogen) atoms. The predicted octanol–water partition coefficient (Wildman–Crippen LogP) is 3.91. The molecule has 0 spiro atoms. The SMILES string of the molecule is Cc1ccc(F)c(C(=O)c2ccc3ncccc3c2)c1. The Bertz CT molecular complexity index is 811. The molecule has 1 aromatic heterocycles. The number of ketones is 1. The van der Waals surface area contributed by atoms with Crippen LogP contribution in [-0.4, -0.2) is 10.8 Å². The first-order valence-electron chi connectivity index (χ1n) is 6.31. The molecule has 0 unspecified atom stereocenters. The third-order valence-corrected chi connectivity index (χ3v) is 3.23. The van der Waals surface area contributed by atoms with E-state index in [1.165, 1.54) is 6.07 Å². The highest BCUT2D eigenvalue weighted by Gasteiger charge is 2.14. The number of carbonyl (C=O) groups excluding carboxylic acids is 1. The Balaban J connectivity index is 2.10. The predicted molar refractivity (Wildman–Crippen MR) is 76.3 cm³/mol. The second kappa shape index (κ2) is 4.85. The molecule has 3 aromatic rings. The third kappa shape index (κ3) is 2.18. The van der Waals surface area contributed by atoms with Crippen LogP contribution in [0.2, 0.25) is 0 Å². The lowest BCUT2D eigenvalue weighted by Crippen LogP contribution is -2.04. The molecule has 0 N–H and O–H groups in total. The van der Waals surface area contributed by atoms with E-state index in [1.807, 2.05) is 19.1 Å². The lowest BCUT2D eigenvalue weighted by Gasteiger charge is -2.05. The average Bonchev–Trinajstić information content (AvgIpc) is 2.48. The molecular formula is C17H12FNO. The van der Waals surface area contributed by atoms with Crippen molar-refractivity contribution in [2.24, 2.45) is 0 Å². The van der Waals surface area contributed by atoms with Gasteiger partial charge in [-0.15, -0.1) is 0 Å². The van der Waals surface area contributed by atoms with Crippen molar-refractivity contribution in [3.63, 3.8) is 0 Å². The minimum Gasteiger partial charge on any atom is -0.288 e. The zero-order valence-corrected chi connectivity index (χ0v) is 10.9. The molecule has 3 heteroatoms. The van der Waals surface area contributed by atoms with Crippen molar-refractivity contribution in [1.29, 1.82) is 0 Å². The molecule has 0 saturated heterocycles. The molecule has 2 aromatic carbocycles. The molecule has 0 fully saturated rings. The Hall–Kier alpha value is -2.55. The first kappa shape index (κ1) is 12.5. The lowest BCUT2D eigenvalue weighted by atomic mass is 10.00. The summed E-state index contributed by atoms with van der Waals surface area (Å²) in [5.41, 5.74) is 2.24. The van der Waals surface area contributed by atoms with Crippen LogP contribution in [0.5, 0.6) is 0 Å². The normalized spacial score (nSPS) is 10.7. The summed E-state index contributed by atoms with van der Waals surface area (Å²) >= 11 is 0. The summed E-state index contributed by atoms with van der Waals surface area (Å²) in [6, 6.07) is 13.4. The topological polar surface area (TPSA) is 30.0 Å². The molecule has 0 saturated carbocycles. The number of fused-ring (bicyclic) bond motifs is 1. The van der Waals surface area contributed by atoms with Crippen LogP contribution in [0.1, 0.15) is 21.5 Å². The first-order valence-corrected chi connectivity index (χ1v) is 6.31. The monoisotopic (exact) mass is 265 g/mol. The standard InChI is InChI=1S/C17H12FNO/c1-11-4-6-15(18)14(9-11)17(20)13-5-7-16-12(10-13)3-2-8-19-16/h2-10H,1H3. The summed E-state index contributed by atoms with van der Waals surface area (Å²) < 4.78 is 13.8. The Morgan fingerprint density at radius 1 is 1.10 bits per heavy atom. The van der Waals surface area contributed by atoms with Crippen LogP contribution in [0.25, 0.3) is 10.9 Å². The van der Waals surface area contributed by atoms with E-state index in [-0.39, 0.29) is 11.3 Å². The maximum absolute atomic E-state index is 13.8. The van der Waals surface area contributed by atoms with Crippen molar-refractivity contribution in [3.05, 3.63) is 77.2 Å². The van der Waals surface area contributed by atoms with Gasteiger partial charge in [0.25, 0.3) is 0 Å². The Kier molecular flexibility index (Phi) is 3.03. The van der Waals surface area contributed by atoms with Crippen molar-refractivity contribution >= 4 is 16.7 Å². The first-order chi connectivity index (χ1) is 9.65. The van der Waals surface area contributed by atoms with Crippen molar-refractivity contribution in [2.75, 3.05) is 0 Å². The number of benzene rings is 2. The summed E-state index contributed by atoms with van der Waals surface area (Å²) in [6.45, 7) is 1.83. The zero-order valence-electron chi connectivity index (χ0n) is 10.9. The third-order valence-electron chi connectivity index (χ3n) is 3.23. The molecule has 3 rings (SSSR count). The van der Waals surface area contributed by atoms with Gasteiger partial charge in [-0.1, -0.05) is 17.7 Å². The fourth-order valence-corrected chi connectivity index (χ4v) is 2.19. The molecule has 2 nitrogen and oxygen atoms in total. The van der Waals surface area contributed by atoms with Crippen molar-refractivity contribution in [2.45, 2.75) is 6.92 Å². The number of pyridine rings is 1. The number of aromatic nitrogens is 1. The van der Waals surface area contributed by atoms with E-state index in [0.29, 0.717) is 5.56 Å². The fraction of sp³-hybridized carbons (Fsp3) is 0.0588. The number of hydrogen-bond donors (Lipinski definition) is 0. The summed E-state index contributed by atoms with van der Waals surface area (Å²) in [4.78, 5) is 16.6. The van der Waals surface area contributed by atoms with E-state index in [1.54, 1.807) is 36.5 Å². The summed E-state index contributed by atoms with van der Waals surface area (Å²) in [7, 11) is 0. The summed E-state index contributed by atoms with van der Waals surface area (Å²) in [6.07, 6.45) is 1.70. The molecule has 0 aliphatic carbocycles. The smallest absolute Gasteiger partial charge is 0.195 e. The van der Waals surface area contributed by atoms with Crippen LogP contribution in [0, 0.1) is 12.7 Å². The summed E-state index contributed by atoms with van der Waals surface area (Å²) in [5.74, 6) is -0.802. The highest BCUT2D eigenvalue weighted by atomic mass is 19.1. The second-order valence-corrected chi connectivity index (χ2v) is 4.72. The average molecular weight is 265 g/mol.